The number of aliphatic hydroxyl groups is 2. The minimum absolute atomic E-state index is 0.00430. The molecule has 2 N–H and O–H groups in total. The smallest absolute Gasteiger partial charge is 0.311 e. The van der Waals surface area contributed by atoms with Crippen molar-refractivity contribution >= 4 is 5.97 Å². The second kappa shape index (κ2) is 9.40. The van der Waals surface area contributed by atoms with Crippen LogP contribution in [0.5, 0.6) is 0 Å². The van der Waals surface area contributed by atoms with E-state index in [1.54, 1.807) is 20.8 Å². The van der Waals surface area contributed by atoms with Crippen LogP contribution in [0.4, 0.5) is 0 Å². The highest BCUT2D eigenvalue weighted by molar-refractivity contribution is 5.75. The number of carbonyl (C=O) groups excluding carboxylic acids is 1. The van der Waals surface area contributed by atoms with E-state index in [1.165, 1.54) is 6.08 Å². The van der Waals surface area contributed by atoms with Crippen molar-refractivity contribution in [2.45, 2.75) is 39.7 Å². The lowest BCUT2D eigenvalue weighted by atomic mass is 9.95. The van der Waals surface area contributed by atoms with Crippen molar-refractivity contribution in [2.24, 2.45) is 5.41 Å². The van der Waals surface area contributed by atoms with E-state index >= 15 is 0 Å². The van der Waals surface area contributed by atoms with Gasteiger partial charge < -0.3 is 14.9 Å². The number of carbonyl (C=O) groups is 1. The van der Waals surface area contributed by atoms with Crippen LogP contribution in [-0.2, 0) is 16.0 Å². The zero-order valence-electron chi connectivity index (χ0n) is 14.8. The summed E-state index contributed by atoms with van der Waals surface area (Å²) in [6, 6.07) is 9.86. The highest BCUT2D eigenvalue weighted by atomic mass is 16.5. The lowest BCUT2D eigenvalue weighted by Crippen LogP contribution is -2.25. The maximum Gasteiger partial charge on any atom is 0.311 e. The summed E-state index contributed by atoms with van der Waals surface area (Å²) < 4.78 is 5.24. The molecule has 0 aliphatic carbocycles. The fourth-order valence-electron chi connectivity index (χ4n) is 2.17. The Balaban J connectivity index is 2.63. The van der Waals surface area contributed by atoms with Crippen LogP contribution in [0.1, 0.15) is 32.8 Å². The first-order valence-electron chi connectivity index (χ1n) is 8.14. The van der Waals surface area contributed by atoms with Crippen LogP contribution < -0.4 is 0 Å². The van der Waals surface area contributed by atoms with Crippen LogP contribution in [0.15, 0.2) is 54.1 Å². The van der Waals surface area contributed by atoms with Gasteiger partial charge in [-0.25, -0.2) is 0 Å². The minimum atomic E-state index is -0.766. The average Bonchev–Trinajstić information content (AvgIpc) is 2.55. The van der Waals surface area contributed by atoms with Crippen molar-refractivity contribution in [2.75, 3.05) is 13.2 Å². The third-order valence-electron chi connectivity index (χ3n) is 3.62. The molecule has 1 atom stereocenters. The third kappa shape index (κ3) is 6.69. The summed E-state index contributed by atoms with van der Waals surface area (Å²) in [5.74, 6) is -0.328. The van der Waals surface area contributed by atoms with Gasteiger partial charge in [0.15, 0.2) is 0 Å². The number of benzene rings is 1. The quantitative estimate of drug-likeness (QED) is 0.567. The molecule has 0 fully saturated rings. The van der Waals surface area contributed by atoms with E-state index in [1.807, 2.05) is 30.3 Å². The Morgan fingerprint density at radius 1 is 1.29 bits per heavy atom. The van der Waals surface area contributed by atoms with Crippen LogP contribution in [0.2, 0.25) is 0 Å². The van der Waals surface area contributed by atoms with Gasteiger partial charge in [-0.1, -0.05) is 43.0 Å². The van der Waals surface area contributed by atoms with Gasteiger partial charge in [-0.3, -0.25) is 4.79 Å². The zero-order valence-corrected chi connectivity index (χ0v) is 14.8. The summed E-state index contributed by atoms with van der Waals surface area (Å²) >= 11 is 0. The fraction of sp³-hybridized carbons (Fsp3) is 0.450. The molecule has 0 bridgehead atoms. The van der Waals surface area contributed by atoms with E-state index in [0.717, 1.165) is 5.56 Å². The summed E-state index contributed by atoms with van der Waals surface area (Å²) in [5.41, 5.74) is 1.56. The SMILES string of the molecule is C=C(COC(=O)C(C)(C)C)/C(=C\CO)C(O)CCc1ccccc1. The van der Waals surface area contributed by atoms with Crippen molar-refractivity contribution in [1.29, 1.82) is 0 Å². The van der Waals surface area contributed by atoms with Crippen LogP contribution in [0.25, 0.3) is 0 Å². The molecule has 4 heteroatoms. The van der Waals surface area contributed by atoms with E-state index in [9.17, 15) is 15.0 Å². The number of hydrogen-bond acceptors (Lipinski definition) is 4. The molecule has 0 heterocycles. The molecule has 0 radical (unpaired) electrons. The molecule has 1 aromatic rings. The largest absolute Gasteiger partial charge is 0.460 e. The Kier molecular flexibility index (Phi) is 7.89. The Bertz CT molecular complexity index is 567. The third-order valence-corrected chi connectivity index (χ3v) is 3.62. The molecule has 0 saturated carbocycles. The summed E-state index contributed by atoms with van der Waals surface area (Å²) in [6.45, 7) is 9.01. The Morgan fingerprint density at radius 2 is 1.92 bits per heavy atom. The van der Waals surface area contributed by atoms with Gasteiger partial charge in [0, 0.05) is 0 Å². The van der Waals surface area contributed by atoms with Crippen LogP contribution in [0, 0.1) is 5.41 Å². The number of hydrogen-bond donors (Lipinski definition) is 2. The second-order valence-corrected chi connectivity index (χ2v) is 6.81. The molecule has 0 aliphatic heterocycles. The van der Waals surface area contributed by atoms with E-state index in [2.05, 4.69) is 6.58 Å². The Labute approximate surface area is 144 Å². The molecule has 4 nitrogen and oxygen atoms in total. The first-order valence-corrected chi connectivity index (χ1v) is 8.14. The number of ether oxygens (including phenoxy) is 1. The molecular formula is C20H28O4. The van der Waals surface area contributed by atoms with Crippen molar-refractivity contribution < 1.29 is 19.7 Å². The van der Waals surface area contributed by atoms with Gasteiger partial charge >= 0.3 is 5.97 Å². The van der Waals surface area contributed by atoms with Gasteiger partial charge in [-0.05, 0) is 50.3 Å². The van der Waals surface area contributed by atoms with Gasteiger partial charge in [0.1, 0.15) is 6.61 Å². The summed E-state index contributed by atoms with van der Waals surface area (Å²) in [7, 11) is 0. The molecular weight excluding hydrogens is 304 g/mol. The van der Waals surface area contributed by atoms with Gasteiger partial charge in [-0.15, -0.1) is 0 Å². The van der Waals surface area contributed by atoms with Gasteiger partial charge in [0.05, 0.1) is 18.1 Å². The van der Waals surface area contributed by atoms with Gasteiger partial charge in [0.2, 0.25) is 0 Å². The molecule has 0 saturated heterocycles. The van der Waals surface area contributed by atoms with Crippen molar-refractivity contribution in [3.05, 3.63) is 59.7 Å². The van der Waals surface area contributed by atoms with Crippen LogP contribution in [0.3, 0.4) is 0 Å². The first kappa shape index (κ1) is 20.1. The lowest BCUT2D eigenvalue weighted by molar-refractivity contribution is -0.151. The number of rotatable bonds is 8. The number of esters is 1. The fourth-order valence-corrected chi connectivity index (χ4v) is 2.17. The van der Waals surface area contributed by atoms with Crippen molar-refractivity contribution in [1.82, 2.24) is 0 Å². The predicted octanol–water partition coefficient (Wildman–Crippen LogP) is 3.04. The monoisotopic (exact) mass is 332 g/mol. The zero-order chi connectivity index (χ0) is 18.2. The Hall–Kier alpha value is -1.91. The molecule has 1 unspecified atom stereocenters. The molecule has 0 spiro atoms. The highest BCUT2D eigenvalue weighted by Gasteiger charge is 2.24. The van der Waals surface area contributed by atoms with Crippen LogP contribution >= 0.6 is 0 Å². The molecule has 132 valence electrons. The minimum Gasteiger partial charge on any atom is -0.460 e. The topological polar surface area (TPSA) is 66.8 Å². The van der Waals surface area contributed by atoms with Crippen LogP contribution in [-0.4, -0.2) is 35.5 Å². The molecule has 0 aliphatic rings. The van der Waals surface area contributed by atoms with E-state index < -0.39 is 11.5 Å². The van der Waals surface area contributed by atoms with Crippen molar-refractivity contribution in [3.8, 4) is 0 Å². The molecule has 1 aromatic carbocycles. The maximum absolute atomic E-state index is 11.8. The summed E-state index contributed by atoms with van der Waals surface area (Å²) in [6.07, 6.45) is 1.96. The lowest BCUT2D eigenvalue weighted by Gasteiger charge is -2.20. The number of aliphatic hydroxyl groups excluding tert-OH is 2. The molecule has 1 rings (SSSR count). The maximum atomic E-state index is 11.8. The second-order valence-electron chi connectivity index (χ2n) is 6.81. The van der Waals surface area contributed by atoms with Gasteiger partial charge in [0.25, 0.3) is 0 Å². The molecule has 0 amide bonds. The summed E-state index contributed by atoms with van der Waals surface area (Å²) in [4.78, 5) is 11.8. The van der Waals surface area contributed by atoms with E-state index in [0.29, 0.717) is 24.0 Å². The predicted molar refractivity (Wildman–Crippen MR) is 95.5 cm³/mol. The molecule has 0 aromatic heterocycles. The average molecular weight is 332 g/mol. The van der Waals surface area contributed by atoms with E-state index in [4.69, 9.17) is 4.74 Å². The van der Waals surface area contributed by atoms with Crippen molar-refractivity contribution in [3.63, 3.8) is 0 Å². The Morgan fingerprint density at radius 3 is 2.46 bits per heavy atom. The summed E-state index contributed by atoms with van der Waals surface area (Å²) in [5, 5.41) is 19.6. The standard InChI is InChI=1S/C20H28O4/c1-15(14-24-19(23)20(2,3)4)17(12-13-21)18(22)11-10-16-8-6-5-7-9-16/h5-9,12,18,21-22H,1,10-11,13-14H2,2-4H3/b17-12+. The number of aryl methyl sites for hydroxylation is 1. The van der Waals surface area contributed by atoms with E-state index in [-0.39, 0.29) is 19.2 Å². The van der Waals surface area contributed by atoms with Gasteiger partial charge in [-0.2, -0.15) is 0 Å². The first-order chi connectivity index (χ1) is 11.3. The molecule has 24 heavy (non-hydrogen) atoms. The highest BCUT2D eigenvalue weighted by Crippen LogP contribution is 2.20. The normalized spacial score (nSPS) is 13.5.